The lowest BCUT2D eigenvalue weighted by Gasteiger charge is -2.65. The van der Waals surface area contributed by atoms with Gasteiger partial charge < -0.3 is 19.8 Å². The Morgan fingerprint density at radius 1 is 1.19 bits per heavy atom. The molecule has 3 fully saturated rings. The fraction of sp³-hybridized carbons (Fsp3) is 0.545. The third kappa shape index (κ3) is 4.03. The topological polar surface area (TPSA) is 73.2 Å². The number of phenols is 1. The lowest BCUT2D eigenvalue weighted by Crippen LogP contribution is -2.78. The summed E-state index contributed by atoms with van der Waals surface area (Å²) in [5, 5.41) is 23.6. The van der Waals surface area contributed by atoms with Gasteiger partial charge in [0.2, 0.25) is 5.91 Å². The number of carbonyl (C=O) groups is 1. The summed E-state index contributed by atoms with van der Waals surface area (Å²) in [4.78, 5) is 18.0. The molecule has 0 aromatic heterocycles. The monoisotopic (exact) mass is 582 g/mol. The summed E-state index contributed by atoms with van der Waals surface area (Å²) in [7, 11) is 0. The van der Waals surface area contributed by atoms with E-state index in [1.807, 2.05) is 19.9 Å². The minimum absolute atomic E-state index is 0.0457. The van der Waals surface area contributed by atoms with Crippen LogP contribution >= 0.6 is 0 Å². The fourth-order valence-corrected chi connectivity index (χ4v) is 8.61. The molecule has 1 saturated heterocycles. The van der Waals surface area contributed by atoms with Crippen molar-refractivity contribution in [3.05, 3.63) is 64.7 Å². The van der Waals surface area contributed by atoms with Crippen LogP contribution in [-0.4, -0.2) is 68.8 Å². The molecule has 7 rings (SSSR count). The molecule has 2 N–H and O–H groups in total. The molecule has 5 atom stereocenters. The molecule has 5 aliphatic rings. The highest BCUT2D eigenvalue weighted by atomic mass is 19.4. The number of phenolic OH excluding ortho intramolecular Hbond substituents is 1. The molecule has 2 heterocycles. The Hall–Kier alpha value is -3.04. The third-order valence-corrected chi connectivity index (χ3v) is 10.5. The van der Waals surface area contributed by atoms with E-state index in [9.17, 15) is 28.2 Å². The Bertz CT molecular complexity index is 1450. The van der Waals surface area contributed by atoms with E-state index in [4.69, 9.17) is 4.74 Å². The predicted molar refractivity (Wildman–Crippen MR) is 151 cm³/mol. The number of hydrogen-bond acceptors (Lipinski definition) is 5. The molecule has 1 spiro atoms. The van der Waals surface area contributed by atoms with Crippen LogP contribution in [0.25, 0.3) is 6.08 Å². The van der Waals surface area contributed by atoms with Gasteiger partial charge in [-0.05, 0) is 100 Å². The van der Waals surface area contributed by atoms with Crippen LogP contribution in [0.2, 0.25) is 0 Å². The largest absolute Gasteiger partial charge is 0.504 e. The molecule has 3 unspecified atom stereocenters. The molecule has 2 aromatic carbocycles. The van der Waals surface area contributed by atoms with Gasteiger partial charge in [0.15, 0.2) is 11.5 Å². The quantitative estimate of drug-likeness (QED) is 0.453. The number of aromatic hydroxyl groups is 1. The van der Waals surface area contributed by atoms with Crippen molar-refractivity contribution in [2.24, 2.45) is 5.92 Å². The number of aliphatic hydroxyl groups is 1. The first-order chi connectivity index (χ1) is 19.9. The normalized spacial score (nSPS) is 31.7. The molecule has 2 saturated carbocycles. The highest BCUT2D eigenvalue weighted by Gasteiger charge is 2.73. The van der Waals surface area contributed by atoms with E-state index in [0.717, 1.165) is 36.3 Å². The maximum atomic E-state index is 13.8. The lowest BCUT2D eigenvalue weighted by atomic mass is 9.48. The minimum atomic E-state index is -4.47. The van der Waals surface area contributed by atoms with E-state index in [-0.39, 0.29) is 29.3 Å². The number of ether oxygens (including phenoxy) is 1. The van der Waals surface area contributed by atoms with Gasteiger partial charge in [-0.1, -0.05) is 18.2 Å². The molecule has 1 amide bonds. The first-order valence-electron chi connectivity index (χ1n) is 15.1. The van der Waals surface area contributed by atoms with Crippen LogP contribution in [0, 0.1) is 5.92 Å². The van der Waals surface area contributed by atoms with Gasteiger partial charge >= 0.3 is 6.18 Å². The molecule has 2 bridgehead atoms. The van der Waals surface area contributed by atoms with Crippen LogP contribution in [0.5, 0.6) is 11.5 Å². The van der Waals surface area contributed by atoms with Crippen molar-refractivity contribution in [2.75, 3.05) is 13.1 Å². The number of carbonyl (C=O) groups excluding carboxylic acids is 1. The number of likely N-dealkylation sites (tertiary alicyclic amines) is 1. The summed E-state index contributed by atoms with van der Waals surface area (Å²) in [5.41, 5.74) is -0.314. The number of amides is 1. The van der Waals surface area contributed by atoms with Crippen molar-refractivity contribution in [3.8, 4) is 11.5 Å². The average molecular weight is 583 g/mol. The van der Waals surface area contributed by atoms with Gasteiger partial charge in [-0.25, -0.2) is 0 Å². The Kier molecular flexibility index (Phi) is 6.27. The minimum Gasteiger partial charge on any atom is -0.504 e. The molecular formula is C33H37F3N2O4. The highest BCUT2D eigenvalue weighted by Crippen LogP contribution is 2.66. The second kappa shape index (κ2) is 9.48. The first kappa shape index (κ1) is 27.8. The average Bonchev–Trinajstić information content (AvgIpc) is 3.68. The van der Waals surface area contributed by atoms with Gasteiger partial charge in [-0.15, -0.1) is 0 Å². The Balaban J connectivity index is 1.25. The van der Waals surface area contributed by atoms with Crippen LogP contribution in [0.1, 0.15) is 68.2 Å². The van der Waals surface area contributed by atoms with Gasteiger partial charge in [-0.3, -0.25) is 9.69 Å². The Labute approximate surface area is 243 Å². The van der Waals surface area contributed by atoms with Gasteiger partial charge in [0.1, 0.15) is 6.10 Å². The summed E-state index contributed by atoms with van der Waals surface area (Å²) in [5.74, 6) is 0.831. The van der Waals surface area contributed by atoms with Crippen molar-refractivity contribution < 1.29 is 32.9 Å². The van der Waals surface area contributed by atoms with E-state index < -0.39 is 34.9 Å². The number of rotatable bonds is 6. The number of nitrogens with zero attached hydrogens (tertiary/aromatic N) is 2. The number of halogens is 3. The summed E-state index contributed by atoms with van der Waals surface area (Å²) < 4.78 is 46.4. The molecule has 9 heteroatoms. The molecule has 6 nitrogen and oxygen atoms in total. The molecular weight excluding hydrogens is 545 g/mol. The van der Waals surface area contributed by atoms with Crippen LogP contribution in [0.15, 0.2) is 42.5 Å². The summed E-state index contributed by atoms with van der Waals surface area (Å²) in [6.07, 6.45) is 2.56. The standard InChI is InChI=1S/C33H37F3N2O4/c1-19(2)38(27(40)11-8-20-4-3-5-23(16-20)33(34,35)36)24-12-13-32(41)26-17-22-9-10-25(39)29-28(22)31(32,30(24)42-29)14-15-37(26)18-21-6-7-21/h3-5,8-11,16,19,21,24,26,30,39,41H,6-7,12-15,17-18H2,1-2H3/t24?,26-,30?,31+,32?/m1/s1. The highest BCUT2D eigenvalue weighted by molar-refractivity contribution is 5.92. The predicted octanol–water partition coefficient (Wildman–Crippen LogP) is 5.29. The van der Waals surface area contributed by atoms with Crippen molar-refractivity contribution in [3.63, 3.8) is 0 Å². The molecule has 42 heavy (non-hydrogen) atoms. The zero-order chi connectivity index (χ0) is 29.6. The smallest absolute Gasteiger partial charge is 0.416 e. The maximum absolute atomic E-state index is 13.8. The second-order valence-electron chi connectivity index (χ2n) is 13.2. The Morgan fingerprint density at radius 2 is 1.98 bits per heavy atom. The maximum Gasteiger partial charge on any atom is 0.416 e. The van der Waals surface area contributed by atoms with E-state index >= 15 is 0 Å². The van der Waals surface area contributed by atoms with E-state index in [0.29, 0.717) is 37.4 Å². The van der Waals surface area contributed by atoms with Crippen LogP contribution < -0.4 is 4.74 Å². The molecule has 3 aliphatic carbocycles. The number of piperidine rings is 1. The van der Waals surface area contributed by atoms with Crippen LogP contribution in [0.4, 0.5) is 13.2 Å². The SMILES string of the molecule is CC(C)N(C(=O)C=Cc1cccc(C(F)(F)F)c1)C1CCC2(O)[C@H]3Cc4ccc(O)c5c4[C@@]2(CCN3CC2CC2)C1O5. The van der Waals surface area contributed by atoms with Gasteiger partial charge in [0.05, 0.1) is 22.6 Å². The van der Waals surface area contributed by atoms with Gasteiger partial charge in [0, 0.05) is 30.3 Å². The molecule has 0 radical (unpaired) electrons. The number of alkyl halides is 3. The zero-order valence-corrected chi connectivity index (χ0v) is 23.9. The van der Waals surface area contributed by atoms with Crippen LogP contribution in [-0.2, 0) is 22.8 Å². The van der Waals surface area contributed by atoms with Crippen molar-refractivity contribution in [1.82, 2.24) is 9.80 Å². The number of benzene rings is 2. The first-order valence-corrected chi connectivity index (χ1v) is 15.1. The van der Waals surface area contributed by atoms with Crippen molar-refractivity contribution >= 4 is 12.0 Å². The Morgan fingerprint density at radius 3 is 2.69 bits per heavy atom. The van der Waals surface area contributed by atoms with E-state index in [2.05, 4.69) is 4.90 Å². The summed E-state index contributed by atoms with van der Waals surface area (Å²) >= 11 is 0. The van der Waals surface area contributed by atoms with Crippen molar-refractivity contribution in [1.29, 1.82) is 0 Å². The van der Waals surface area contributed by atoms with E-state index in [1.54, 1.807) is 11.0 Å². The second-order valence-corrected chi connectivity index (χ2v) is 13.2. The van der Waals surface area contributed by atoms with Crippen molar-refractivity contribution in [2.45, 2.75) is 93.8 Å². The third-order valence-electron chi connectivity index (χ3n) is 10.5. The molecule has 2 aliphatic heterocycles. The molecule has 224 valence electrons. The van der Waals surface area contributed by atoms with Crippen LogP contribution in [0.3, 0.4) is 0 Å². The number of hydrogen-bond donors (Lipinski definition) is 2. The fourth-order valence-electron chi connectivity index (χ4n) is 8.61. The molecule has 2 aromatic rings. The van der Waals surface area contributed by atoms with Gasteiger partial charge in [-0.2, -0.15) is 13.2 Å². The summed E-state index contributed by atoms with van der Waals surface area (Å²) in [6.45, 7) is 5.63. The summed E-state index contributed by atoms with van der Waals surface area (Å²) in [6, 6.07) is 7.85. The zero-order valence-electron chi connectivity index (χ0n) is 23.9. The lowest BCUT2D eigenvalue weighted by molar-refractivity contribution is -0.202. The van der Waals surface area contributed by atoms with Gasteiger partial charge in [0.25, 0.3) is 0 Å². The van der Waals surface area contributed by atoms with E-state index in [1.165, 1.54) is 37.1 Å².